The maximum absolute atomic E-state index is 12.9. The Hall–Kier alpha value is -3.32. The zero-order valence-corrected chi connectivity index (χ0v) is 19.4. The molecule has 0 atom stereocenters. The summed E-state index contributed by atoms with van der Waals surface area (Å²) in [6, 6.07) is 18.0. The van der Waals surface area contributed by atoms with Gasteiger partial charge >= 0.3 is 0 Å². The Labute approximate surface area is 204 Å². The number of rotatable bonds is 5. The molecule has 1 heterocycles. The van der Waals surface area contributed by atoms with Crippen molar-refractivity contribution < 1.29 is 14.4 Å². The summed E-state index contributed by atoms with van der Waals surface area (Å²) in [5.41, 5.74) is 2.66. The molecule has 0 unspecified atom stereocenters. The van der Waals surface area contributed by atoms with Crippen LogP contribution in [0.25, 0.3) is 0 Å². The molecule has 166 valence electrons. The third kappa shape index (κ3) is 4.73. The van der Waals surface area contributed by atoms with Crippen LogP contribution in [0.4, 0.5) is 17.1 Å². The Bertz CT molecular complexity index is 1300. The fourth-order valence-electron chi connectivity index (χ4n) is 3.17. The first kappa shape index (κ1) is 22.9. The molecule has 3 amide bonds. The van der Waals surface area contributed by atoms with Crippen molar-refractivity contribution in [3.05, 3.63) is 98.6 Å². The Balaban J connectivity index is 1.48. The normalized spacial score (nSPS) is 13.5. The molecule has 1 aliphatic rings. The van der Waals surface area contributed by atoms with Crippen LogP contribution in [0.2, 0.25) is 10.0 Å². The first-order valence-electron chi connectivity index (χ1n) is 9.73. The van der Waals surface area contributed by atoms with Gasteiger partial charge in [-0.3, -0.25) is 14.4 Å². The van der Waals surface area contributed by atoms with Crippen molar-refractivity contribution in [2.24, 2.45) is 0 Å². The average molecular weight is 501 g/mol. The van der Waals surface area contributed by atoms with Gasteiger partial charge in [0.05, 0.1) is 16.4 Å². The number of amides is 3. The van der Waals surface area contributed by atoms with Crippen LogP contribution in [0.1, 0.15) is 15.9 Å². The quantitative estimate of drug-likeness (QED) is 0.422. The first-order chi connectivity index (χ1) is 15.7. The topological polar surface area (TPSA) is 78.5 Å². The highest BCUT2D eigenvalue weighted by atomic mass is 35.5. The maximum atomic E-state index is 12.9. The van der Waals surface area contributed by atoms with E-state index < -0.39 is 11.8 Å². The van der Waals surface area contributed by atoms with Crippen LogP contribution >= 0.6 is 34.8 Å². The van der Waals surface area contributed by atoms with Gasteiger partial charge < -0.3 is 10.6 Å². The molecule has 4 rings (SSSR count). The number of carbonyl (C=O) groups excluding carboxylic acids is 3. The highest BCUT2D eigenvalue weighted by molar-refractivity contribution is 6.53. The van der Waals surface area contributed by atoms with Crippen molar-refractivity contribution in [3.63, 3.8) is 0 Å². The molecule has 0 aliphatic carbocycles. The van der Waals surface area contributed by atoms with Crippen molar-refractivity contribution in [2.75, 3.05) is 15.5 Å². The Morgan fingerprint density at radius 1 is 0.848 bits per heavy atom. The smallest absolute Gasteiger partial charge is 0.283 e. The second-order valence-corrected chi connectivity index (χ2v) is 8.47. The molecule has 0 bridgehead atoms. The molecule has 0 spiro atoms. The van der Waals surface area contributed by atoms with E-state index in [0.717, 1.165) is 10.5 Å². The first-order valence-corrected chi connectivity index (χ1v) is 10.9. The van der Waals surface area contributed by atoms with Gasteiger partial charge in [0, 0.05) is 16.3 Å². The number of halogens is 3. The molecular formula is C24H16Cl3N3O3. The molecule has 3 aromatic carbocycles. The number of anilines is 3. The second-order valence-electron chi connectivity index (χ2n) is 7.25. The third-order valence-corrected chi connectivity index (χ3v) is 5.81. The van der Waals surface area contributed by atoms with E-state index in [1.54, 1.807) is 60.7 Å². The van der Waals surface area contributed by atoms with Crippen molar-refractivity contribution in [1.29, 1.82) is 0 Å². The van der Waals surface area contributed by atoms with Crippen LogP contribution in [0.5, 0.6) is 0 Å². The third-order valence-electron chi connectivity index (χ3n) is 4.92. The molecule has 2 N–H and O–H groups in total. The van der Waals surface area contributed by atoms with Crippen LogP contribution in [0.15, 0.2) is 77.5 Å². The van der Waals surface area contributed by atoms with Gasteiger partial charge in [-0.2, -0.15) is 0 Å². The number of nitrogens with one attached hydrogen (secondary N) is 2. The Morgan fingerprint density at radius 3 is 2.15 bits per heavy atom. The van der Waals surface area contributed by atoms with Crippen LogP contribution in [0, 0.1) is 6.92 Å². The zero-order chi connectivity index (χ0) is 23.7. The van der Waals surface area contributed by atoms with E-state index in [1.807, 2.05) is 6.92 Å². The van der Waals surface area contributed by atoms with Gasteiger partial charge in [0.15, 0.2) is 0 Å². The average Bonchev–Trinajstić information content (AvgIpc) is 3.00. The second kappa shape index (κ2) is 9.27. The lowest BCUT2D eigenvalue weighted by atomic mass is 10.2. The van der Waals surface area contributed by atoms with Gasteiger partial charge in [-0.1, -0.05) is 52.5 Å². The minimum Gasteiger partial charge on any atom is -0.350 e. The van der Waals surface area contributed by atoms with Gasteiger partial charge in [0.1, 0.15) is 10.7 Å². The predicted molar refractivity (Wildman–Crippen MR) is 131 cm³/mol. The van der Waals surface area contributed by atoms with Gasteiger partial charge in [-0.25, -0.2) is 4.90 Å². The maximum Gasteiger partial charge on any atom is 0.283 e. The molecule has 9 heteroatoms. The van der Waals surface area contributed by atoms with Crippen LogP contribution in [-0.4, -0.2) is 17.7 Å². The van der Waals surface area contributed by atoms with E-state index in [2.05, 4.69) is 10.6 Å². The number of aryl methyl sites for hydroxylation is 1. The van der Waals surface area contributed by atoms with Gasteiger partial charge in [0.2, 0.25) is 0 Å². The lowest BCUT2D eigenvalue weighted by molar-refractivity contribution is -0.120. The summed E-state index contributed by atoms with van der Waals surface area (Å²) in [7, 11) is 0. The molecule has 0 fully saturated rings. The number of benzene rings is 3. The molecular weight excluding hydrogens is 485 g/mol. The molecule has 1 aliphatic heterocycles. The van der Waals surface area contributed by atoms with E-state index in [4.69, 9.17) is 34.8 Å². The molecule has 3 aromatic rings. The molecule has 33 heavy (non-hydrogen) atoms. The highest BCUT2D eigenvalue weighted by Crippen LogP contribution is 2.30. The van der Waals surface area contributed by atoms with Crippen molar-refractivity contribution in [3.8, 4) is 0 Å². The summed E-state index contributed by atoms with van der Waals surface area (Å²) < 4.78 is 0. The number of hydrogen-bond donors (Lipinski definition) is 2. The summed E-state index contributed by atoms with van der Waals surface area (Å²) in [6.45, 7) is 1.91. The van der Waals surface area contributed by atoms with Gasteiger partial charge in [-0.15, -0.1) is 0 Å². The van der Waals surface area contributed by atoms with E-state index in [-0.39, 0.29) is 16.6 Å². The Kier molecular flexibility index (Phi) is 6.42. The monoisotopic (exact) mass is 499 g/mol. The summed E-state index contributed by atoms with van der Waals surface area (Å²) in [5.74, 6) is -1.54. The number of imide groups is 1. The Morgan fingerprint density at radius 2 is 1.52 bits per heavy atom. The zero-order valence-electron chi connectivity index (χ0n) is 17.2. The van der Waals surface area contributed by atoms with E-state index in [0.29, 0.717) is 32.7 Å². The summed E-state index contributed by atoms with van der Waals surface area (Å²) in [6.07, 6.45) is 0. The fraction of sp³-hybridized carbons (Fsp3) is 0.0417. The SMILES string of the molecule is Cc1ccc(N2C(=O)C(Cl)=C(Nc3ccc(C(=O)Nc4ccc(Cl)cc4Cl)cc3)C2=O)cc1. The van der Waals surface area contributed by atoms with Crippen LogP contribution < -0.4 is 15.5 Å². The summed E-state index contributed by atoms with van der Waals surface area (Å²) in [5, 5.41) is 6.16. The summed E-state index contributed by atoms with van der Waals surface area (Å²) >= 11 is 18.1. The largest absolute Gasteiger partial charge is 0.350 e. The minimum absolute atomic E-state index is 0.0348. The summed E-state index contributed by atoms with van der Waals surface area (Å²) in [4.78, 5) is 39.0. The van der Waals surface area contributed by atoms with Crippen molar-refractivity contribution in [2.45, 2.75) is 6.92 Å². The number of nitrogens with zero attached hydrogens (tertiary/aromatic N) is 1. The minimum atomic E-state index is -0.608. The number of carbonyl (C=O) groups is 3. The van der Waals surface area contributed by atoms with Crippen LogP contribution in [-0.2, 0) is 9.59 Å². The van der Waals surface area contributed by atoms with E-state index >= 15 is 0 Å². The van der Waals surface area contributed by atoms with Gasteiger partial charge in [0.25, 0.3) is 17.7 Å². The fourth-order valence-corrected chi connectivity index (χ4v) is 3.84. The molecule has 0 saturated heterocycles. The van der Waals surface area contributed by atoms with E-state index in [9.17, 15) is 14.4 Å². The van der Waals surface area contributed by atoms with Gasteiger partial charge in [-0.05, 0) is 61.5 Å². The molecule has 0 radical (unpaired) electrons. The highest BCUT2D eigenvalue weighted by Gasteiger charge is 2.38. The molecule has 0 saturated carbocycles. The lowest BCUT2D eigenvalue weighted by Gasteiger charge is -2.15. The van der Waals surface area contributed by atoms with Crippen molar-refractivity contribution >= 4 is 69.6 Å². The van der Waals surface area contributed by atoms with Crippen LogP contribution in [0.3, 0.4) is 0 Å². The van der Waals surface area contributed by atoms with E-state index in [1.165, 1.54) is 6.07 Å². The van der Waals surface area contributed by atoms with Crippen molar-refractivity contribution in [1.82, 2.24) is 0 Å². The predicted octanol–water partition coefficient (Wildman–Crippen LogP) is 5.99. The lowest BCUT2D eigenvalue weighted by Crippen LogP contribution is -2.32. The molecule has 6 nitrogen and oxygen atoms in total. The standard InChI is InChI=1S/C24H16Cl3N3O3/c1-13-2-9-17(10-3-13)30-23(32)20(27)21(24(30)33)28-16-7-4-14(5-8-16)22(31)29-19-11-6-15(25)12-18(19)26/h2-12,28H,1H3,(H,29,31). The number of hydrogen-bond acceptors (Lipinski definition) is 4. The molecule has 0 aromatic heterocycles.